The van der Waals surface area contributed by atoms with Gasteiger partial charge < -0.3 is 20.3 Å². The molecule has 0 atom stereocenters. The number of phenolic OH excluding ortho intramolecular Hbond substituents is 1. The highest BCUT2D eigenvalue weighted by Crippen LogP contribution is 2.20. The molecule has 1 amide bonds. The first-order chi connectivity index (χ1) is 13.6. The Morgan fingerprint density at radius 3 is 2.68 bits per heavy atom. The van der Waals surface area contributed by atoms with Crippen molar-refractivity contribution in [2.45, 2.75) is 25.3 Å². The second-order valence-electron chi connectivity index (χ2n) is 6.94. The highest BCUT2D eigenvalue weighted by atomic mass is 16.3. The minimum absolute atomic E-state index is 0.0226. The lowest BCUT2D eigenvalue weighted by Crippen LogP contribution is -2.45. The number of carbonyl (C=O) groups is 1. The van der Waals surface area contributed by atoms with Crippen LogP contribution in [0, 0.1) is 0 Å². The van der Waals surface area contributed by atoms with Crippen molar-refractivity contribution >= 4 is 22.8 Å². The van der Waals surface area contributed by atoms with Crippen molar-refractivity contribution in [2.75, 3.05) is 18.0 Å². The van der Waals surface area contributed by atoms with Crippen molar-refractivity contribution in [3.8, 4) is 5.75 Å². The molecule has 0 unspecified atom stereocenters. The lowest BCUT2D eigenvalue weighted by atomic mass is 10.0. The van der Waals surface area contributed by atoms with Crippen LogP contribution in [0.4, 0.5) is 5.82 Å². The summed E-state index contributed by atoms with van der Waals surface area (Å²) in [4.78, 5) is 37.4. The zero-order chi connectivity index (χ0) is 19.5. The number of pyridine rings is 1. The third-order valence-corrected chi connectivity index (χ3v) is 4.96. The molecule has 3 heterocycles. The maximum Gasteiger partial charge on any atom is 0.277 e. The quantitative estimate of drug-likeness (QED) is 0.631. The summed E-state index contributed by atoms with van der Waals surface area (Å²) >= 11 is 0. The molecule has 0 aliphatic carbocycles. The Labute approximate surface area is 161 Å². The number of anilines is 1. The molecule has 144 valence electrons. The predicted molar refractivity (Wildman–Crippen MR) is 105 cm³/mol. The van der Waals surface area contributed by atoms with E-state index in [1.54, 1.807) is 30.3 Å². The molecule has 3 N–H and O–H groups in total. The molecule has 8 heteroatoms. The van der Waals surface area contributed by atoms with E-state index in [1.807, 2.05) is 6.07 Å². The topological polar surface area (TPSA) is 111 Å². The Morgan fingerprint density at radius 1 is 1.18 bits per heavy atom. The van der Waals surface area contributed by atoms with E-state index in [-0.39, 0.29) is 23.3 Å². The zero-order valence-electron chi connectivity index (χ0n) is 15.3. The van der Waals surface area contributed by atoms with Crippen LogP contribution >= 0.6 is 0 Å². The van der Waals surface area contributed by atoms with E-state index < -0.39 is 0 Å². The SMILES string of the molecule is O=C(Cc1ccc(O)cc1)NC1CCN(c2ccc3nc[nH]c(=O)c3n2)CC1. The summed E-state index contributed by atoms with van der Waals surface area (Å²) in [6.45, 7) is 1.50. The van der Waals surface area contributed by atoms with Crippen LogP contribution in [0.2, 0.25) is 0 Å². The Balaban J connectivity index is 1.34. The molecule has 2 aromatic heterocycles. The Kier molecular flexibility index (Phi) is 4.92. The number of amides is 1. The third kappa shape index (κ3) is 3.95. The van der Waals surface area contributed by atoms with E-state index in [2.05, 4.69) is 25.2 Å². The summed E-state index contributed by atoms with van der Waals surface area (Å²) in [5, 5.41) is 12.4. The average molecular weight is 379 g/mol. The Morgan fingerprint density at radius 2 is 1.93 bits per heavy atom. The molecular weight excluding hydrogens is 358 g/mol. The fraction of sp³-hybridized carbons (Fsp3) is 0.300. The second kappa shape index (κ2) is 7.67. The van der Waals surface area contributed by atoms with E-state index in [4.69, 9.17) is 0 Å². The van der Waals surface area contributed by atoms with Crippen LogP contribution in [0.3, 0.4) is 0 Å². The summed E-state index contributed by atoms with van der Waals surface area (Å²) < 4.78 is 0. The van der Waals surface area contributed by atoms with Crippen LogP contribution < -0.4 is 15.8 Å². The molecule has 1 saturated heterocycles. The van der Waals surface area contributed by atoms with Gasteiger partial charge in [-0.25, -0.2) is 9.97 Å². The van der Waals surface area contributed by atoms with Crippen molar-refractivity contribution in [3.63, 3.8) is 0 Å². The normalized spacial score (nSPS) is 14.9. The molecule has 1 aromatic carbocycles. The van der Waals surface area contributed by atoms with E-state index in [0.29, 0.717) is 17.5 Å². The van der Waals surface area contributed by atoms with Crippen molar-refractivity contribution in [1.29, 1.82) is 0 Å². The summed E-state index contributed by atoms with van der Waals surface area (Å²) in [5.41, 5.74) is 1.53. The van der Waals surface area contributed by atoms with Crippen LogP contribution in [-0.2, 0) is 11.2 Å². The standard InChI is InChI=1S/C20H21N5O3/c26-15-3-1-13(2-4-15)11-18(27)23-14-7-9-25(10-8-14)17-6-5-16-19(24-17)20(28)22-12-21-16/h1-6,12,14,26H,7-11H2,(H,23,27)(H,21,22,28). The second-order valence-corrected chi connectivity index (χ2v) is 6.94. The van der Waals surface area contributed by atoms with Gasteiger partial charge in [-0.3, -0.25) is 9.59 Å². The number of carbonyl (C=O) groups excluding carboxylic acids is 1. The van der Waals surface area contributed by atoms with Crippen LogP contribution in [0.15, 0.2) is 47.5 Å². The van der Waals surface area contributed by atoms with Gasteiger partial charge in [0, 0.05) is 19.1 Å². The van der Waals surface area contributed by atoms with Crippen LogP contribution in [-0.4, -0.2) is 45.1 Å². The molecule has 0 bridgehead atoms. The monoisotopic (exact) mass is 379 g/mol. The molecule has 0 saturated carbocycles. The molecule has 0 spiro atoms. The maximum absolute atomic E-state index is 12.3. The smallest absolute Gasteiger partial charge is 0.277 e. The zero-order valence-corrected chi connectivity index (χ0v) is 15.3. The van der Waals surface area contributed by atoms with Crippen LogP contribution in [0.25, 0.3) is 11.0 Å². The number of hydrogen-bond acceptors (Lipinski definition) is 6. The molecule has 1 aliphatic heterocycles. The maximum atomic E-state index is 12.3. The van der Waals surface area contributed by atoms with Gasteiger partial charge >= 0.3 is 0 Å². The van der Waals surface area contributed by atoms with Gasteiger partial charge in [-0.1, -0.05) is 12.1 Å². The van der Waals surface area contributed by atoms with E-state index in [0.717, 1.165) is 37.3 Å². The molecule has 3 aromatic rings. The van der Waals surface area contributed by atoms with Crippen molar-refractivity contribution in [1.82, 2.24) is 20.3 Å². The number of aromatic nitrogens is 3. The molecular formula is C20H21N5O3. The highest BCUT2D eigenvalue weighted by molar-refractivity contribution is 5.79. The van der Waals surface area contributed by atoms with E-state index in [1.165, 1.54) is 6.33 Å². The summed E-state index contributed by atoms with van der Waals surface area (Å²) in [6.07, 6.45) is 3.29. The fourth-order valence-corrected chi connectivity index (χ4v) is 3.45. The van der Waals surface area contributed by atoms with E-state index in [9.17, 15) is 14.7 Å². The first kappa shape index (κ1) is 18.0. The van der Waals surface area contributed by atoms with Gasteiger partial charge in [0.2, 0.25) is 5.91 Å². The molecule has 0 radical (unpaired) electrons. The van der Waals surface area contributed by atoms with Crippen molar-refractivity contribution in [3.05, 3.63) is 58.6 Å². The van der Waals surface area contributed by atoms with Gasteiger partial charge in [-0.2, -0.15) is 0 Å². The molecule has 28 heavy (non-hydrogen) atoms. The first-order valence-electron chi connectivity index (χ1n) is 9.25. The van der Waals surface area contributed by atoms with E-state index >= 15 is 0 Å². The molecule has 1 fully saturated rings. The average Bonchev–Trinajstić information content (AvgIpc) is 2.70. The lowest BCUT2D eigenvalue weighted by molar-refractivity contribution is -0.121. The summed E-state index contributed by atoms with van der Waals surface area (Å²) in [6, 6.07) is 10.5. The number of nitrogens with zero attached hydrogens (tertiary/aromatic N) is 3. The van der Waals surface area contributed by atoms with Crippen molar-refractivity contribution in [2.24, 2.45) is 0 Å². The number of benzene rings is 1. The van der Waals surface area contributed by atoms with Crippen LogP contribution in [0.1, 0.15) is 18.4 Å². The largest absolute Gasteiger partial charge is 0.508 e. The fourth-order valence-electron chi connectivity index (χ4n) is 3.45. The number of rotatable bonds is 4. The van der Waals surface area contributed by atoms with Gasteiger partial charge in [-0.15, -0.1) is 0 Å². The number of phenols is 1. The highest BCUT2D eigenvalue weighted by Gasteiger charge is 2.22. The summed E-state index contributed by atoms with van der Waals surface area (Å²) in [5.74, 6) is 0.919. The molecule has 8 nitrogen and oxygen atoms in total. The molecule has 1 aliphatic rings. The summed E-state index contributed by atoms with van der Waals surface area (Å²) in [7, 11) is 0. The predicted octanol–water partition coefficient (Wildman–Crippen LogP) is 1.35. The Bertz CT molecular complexity index is 1040. The molecule has 4 rings (SSSR count). The minimum Gasteiger partial charge on any atom is -0.508 e. The minimum atomic E-state index is -0.247. The number of aromatic hydroxyl groups is 1. The Hall–Kier alpha value is -3.42. The van der Waals surface area contributed by atoms with Gasteiger partial charge in [0.1, 0.15) is 11.6 Å². The third-order valence-electron chi connectivity index (χ3n) is 4.96. The lowest BCUT2D eigenvalue weighted by Gasteiger charge is -2.33. The number of nitrogens with one attached hydrogen (secondary N) is 2. The number of aromatic amines is 1. The van der Waals surface area contributed by atoms with Crippen LogP contribution in [0.5, 0.6) is 5.75 Å². The van der Waals surface area contributed by atoms with Gasteiger partial charge in [0.05, 0.1) is 18.3 Å². The number of hydrogen-bond donors (Lipinski definition) is 3. The van der Waals surface area contributed by atoms with Crippen molar-refractivity contribution < 1.29 is 9.90 Å². The van der Waals surface area contributed by atoms with Gasteiger partial charge in [0.25, 0.3) is 5.56 Å². The number of H-pyrrole nitrogens is 1. The first-order valence-corrected chi connectivity index (χ1v) is 9.25. The number of fused-ring (bicyclic) bond motifs is 1. The van der Waals surface area contributed by atoms with Gasteiger partial charge in [0.15, 0.2) is 5.52 Å². The van der Waals surface area contributed by atoms with Gasteiger partial charge in [-0.05, 0) is 42.7 Å². The number of piperidine rings is 1.